The number of hydrogen-bond donors (Lipinski definition) is 4. The summed E-state index contributed by atoms with van der Waals surface area (Å²) in [5.41, 5.74) is 1.03. The van der Waals surface area contributed by atoms with Gasteiger partial charge in [0.1, 0.15) is 16.5 Å². The highest BCUT2D eigenvalue weighted by Gasteiger charge is 2.27. The van der Waals surface area contributed by atoms with Gasteiger partial charge in [0.2, 0.25) is 0 Å². The molecular weight excluding hydrogens is 440 g/mol. The fourth-order valence-corrected chi connectivity index (χ4v) is 4.78. The molecule has 0 spiro atoms. The summed E-state index contributed by atoms with van der Waals surface area (Å²) in [6, 6.07) is 9.78. The van der Waals surface area contributed by atoms with Crippen molar-refractivity contribution < 1.29 is 23.8 Å². The van der Waals surface area contributed by atoms with Gasteiger partial charge in [-0.05, 0) is 31.2 Å². The van der Waals surface area contributed by atoms with E-state index in [-0.39, 0.29) is 12.3 Å². The molecule has 162 valence electrons. The molecule has 2 aromatic heterocycles. The molecule has 9 nitrogen and oxygen atoms in total. The second-order valence-corrected chi connectivity index (χ2v) is 9.86. The first kappa shape index (κ1) is 21.4. The second-order valence-electron chi connectivity index (χ2n) is 6.79. The summed E-state index contributed by atoms with van der Waals surface area (Å²) in [5, 5.41) is 16.2. The van der Waals surface area contributed by atoms with E-state index in [1.807, 2.05) is 0 Å². The number of anilines is 1. The summed E-state index contributed by atoms with van der Waals surface area (Å²) in [5.74, 6) is -0.562. The van der Waals surface area contributed by atoms with Crippen LogP contribution in [0.1, 0.15) is 18.9 Å². The number of pyridine rings is 1. The highest BCUT2D eigenvalue weighted by molar-refractivity contribution is 8.27. The van der Waals surface area contributed by atoms with E-state index in [9.17, 15) is 19.0 Å². The molecule has 4 rings (SSSR count). The van der Waals surface area contributed by atoms with Crippen LogP contribution in [0.3, 0.4) is 0 Å². The van der Waals surface area contributed by atoms with E-state index >= 15 is 0 Å². The molecule has 0 unspecified atom stereocenters. The summed E-state index contributed by atoms with van der Waals surface area (Å²) >= 11 is 1.22. The Morgan fingerprint density at radius 2 is 2.06 bits per heavy atom. The smallest absolute Gasteiger partial charge is 0.280 e. The summed E-state index contributed by atoms with van der Waals surface area (Å²) in [4.78, 5) is 28.4. The predicted octanol–water partition coefficient (Wildman–Crippen LogP) is 3.83. The maximum atomic E-state index is 13.0. The van der Waals surface area contributed by atoms with Gasteiger partial charge in [-0.25, -0.2) is 9.97 Å². The van der Waals surface area contributed by atoms with Crippen LogP contribution >= 0.6 is 21.9 Å². The number of carbonyl (C=O) groups is 1. The van der Waals surface area contributed by atoms with Crippen molar-refractivity contribution in [2.75, 3.05) is 11.9 Å². The fourth-order valence-electron chi connectivity index (χ4n) is 2.61. The lowest BCUT2D eigenvalue weighted by Gasteiger charge is -2.30. The first-order chi connectivity index (χ1) is 14.9. The zero-order valence-corrected chi connectivity index (χ0v) is 18.1. The highest BCUT2D eigenvalue weighted by Crippen LogP contribution is 2.61. The first-order valence-electron chi connectivity index (χ1n) is 9.34. The molecule has 0 fully saturated rings. The number of oxime groups is 1. The number of aliphatic hydroxyl groups excluding tert-OH is 1. The van der Waals surface area contributed by atoms with Crippen molar-refractivity contribution in [3.8, 4) is 0 Å². The minimum Gasteiger partial charge on any atom is -0.392 e. The third-order valence-electron chi connectivity index (χ3n) is 4.38. The zero-order chi connectivity index (χ0) is 22.0. The van der Waals surface area contributed by atoms with Crippen LogP contribution in [0.15, 0.2) is 63.6 Å². The third kappa shape index (κ3) is 4.75. The van der Waals surface area contributed by atoms with Gasteiger partial charge in [-0.1, -0.05) is 34.7 Å². The van der Waals surface area contributed by atoms with Crippen molar-refractivity contribution in [1.82, 2.24) is 9.97 Å². The van der Waals surface area contributed by atoms with Crippen molar-refractivity contribution in [2.45, 2.75) is 24.3 Å². The lowest BCUT2D eigenvalue weighted by molar-refractivity contribution is -0.110. The lowest BCUT2D eigenvalue weighted by atomic mass is 10.1. The Bertz CT molecular complexity index is 1140. The van der Waals surface area contributed by atoms with Gasteiger partial charge >= 0.3 is 0 Å². The largest absolute Gasteiger partial charge is 0.392 e. The number of carbonyl (C=O) groups excluding carboxylic acids is 1. The van der Waals surface area contributed by atoms with Gasteiger partial charge in [-0.2, -0.15) is 0 Å². The minimum absolute atomic E-state index is 0.0406. The molecule has 0 saturated carbocycles. The number of rotatable bonds is 8. The van der Waals surface area contributed by atoms with Gasteiger partial charge in [0, 0.05) is 23.1 Å². The molecule has 1 amide bonds. The SMILES string of the molecule is C[C@H](CO)ON=C(C(=O)Nc1nc2cccnc2s1)c1ccc(S(O)(O)C2=CC2)cc1. The Labute approximate surface area is 183 Å². The average molecular weight is 461 g/mol. The van der Waals surface area contributed by atoms with Crippen molar-refractivity contribution in [2.24, 2.45) is 5.16 Å². The van der Waals surface area contributed by atoms with E-state index in [2.05, 4.69) is 20.4 Å². The van der Waals surface area contributed by atoms with E-state index < -0.39 is 22.6 Å². The van der Waals surface area contributed by atoms with Crippen molar-refractivity contribution in [3.05, 3.63) is 59.1 Å². The molecule has 0 radical (unpaired) electrons. The van der Waals surface area contributed by atoms with Crippen LogP contribution in [0, 0.1) is 0 Å². The van der Waals surface area contributed by atoms with Gasteiger partial charge in [0.15, 0.2) is 10.8 Å². The van der Waals surface area contributed by atoms with E-state index in [0.717, 1.165) is 0 Å². The summed E-state index contributed by atoms with van der Waals surface area (Å²) in [6.45, 7) is 1.34. The maximum Gasteiger partial charge on any atom is 0.280 e. The van der Waals surface area contributed by atoms with Crippen molar-refractivity contribution in [3.63, 3.8) is 0 Å². The molecule has 1 aliphatic rings. The fraction of sp³-hybridized carbons (Fsp3) is 0.200. The molecule has 3 aromatic rings. The minimum atomic E-state index is -2.98. The van der Waals surface area contributed by atoms with Crippen molar-refractivity contribution >= 4 is 49.0 Å². The van der Waals surface area contributed by atoms with Crippen LogP contribution in [0.25, 0.3) is 10.3 Å². The Kier molecular flexibility index (Phi) is 6.03. The Hall–Kier alpha value is -2.83. The molecule has 0 bridgehead atoms. The monoisotopic (exact) mass is 460 g/mol. The Balaban J connectivity index is 1.60. The molecule has 1 aliphatic carbocycles. The molecular formula is C20H20N4O5S2. The molecule has 31 heavy (non-hydrogen) atoms. The van der Waals surface area contributed by atoms with Gasteiger partial charge < -0.3 is 9.94 Å². The molecule has 11 heteroatoms. The number of hydrogen-bond acceptors (Lipinski definition) is 9. The van der Waals surface area contributed by atoms with Crippen LogP contribution in [0.4, 0.5) is 5.13 Å². The van der Waals surface area contributed by atoms with Crippen molar-refractivity contribution in [1.29, 1.82) is 0 Å². The van der Waals surface area contributed by atoms with Crippen LogP contribution in [0.2, 0.25) is 0 Å². The maximum absolute atomic E-state index is 13.0. The van der Waals surface area contributed by atoms with Gasteiger partial charge in [0.25, 0.3) is 5.91 Å². The number of aromatic nitrogens is 2. The number of allylic oxidation sites excluding steroid dienone is 2. The standard InChI is InChI=1S/C20H20N4O5S2/c1-12(11-25)29-24-17(13-4-6-14(7-5-13)31(27,28)15-8-9-15)18(26)23-20-22-16-3-2-10-21-19(16)30-20/h2-8,10,12,25,27-28H,9,11H2,1H3,(H,22,23,26)/t12-/m1/s1. The van der Waals surface area contributed by atoms with E-state index in [1.54, 1.807) is 55.6 Å². The number of nitrogens with zero attached hydrogens (tertiary/aromatic N) is 3. The topological polar surface area (TPSA) is 137 Å². The normalized spacial score (nSPS) is 15.4. The Morgan fingerprint density at radius 1 is 1.32 bits per heavy atom. The number of fused-ring (bicyclic) bond motifs is 1. The second kappa shape index (κ2) is 8.73. The number of thiazole rings is 1. The number of amides is 1. The van der Waals surface area contributed by atoms with Crippen LogP contribution in [-0.4, -0.2) is 48.5 Å². The Morgan fingerprint density at radius 3 is 2.71 bits per heavy atom. The lowest BCUT2D eigenvalue weighted by Crippen LogP contribution is -2.25. The number of nitrogens with one attached hydrogen (secondary N) is 1. The molecule has 0 saturated heterocycles. The number of benzene rings is 1. The summed E-state index contributed by atoms with van der Waals surface area (Å²) in [7, 11) is -2.98. The van der Waals surface area contributed by atoms with E-state index in [1.165, 1.54) is 11.3 Å². The first-order valence-corrected chi connectivity index (χ1v) is 11.7. The summed E-state index contributed by atoms with van der Waals surface area (Å²) in [6.07, 6.45) is 3.39. The molecule has 2 heterocycles. The predicted molar refractivity (Wildman–Crippen MR) is 120 cm³/mol. The molecule has 1 aromatic carbocycles. The summed E-state index contributed by atoms with van der Waals surface area (Å²) < 4.78 is 20.7. The quantitative estimate of drug-likeness (QED) is 0.296. The average Bonchev–Trinajstić information content (AvgIpc) is 3.55. The van der Waals surface area contributed by atoms with E-state index in [4.69, 9.17) is 4.84 Å². The van der Waals surface area contributed by atoms with Gasteiger partial charge in [-0.3, -0.25) is 19.2 Å². The molecule has 4 N–H and O–H groups in total. The zero-order valence-electron chi connectivity index (χ0n) is 16.4. The van der Waals surface area contributed by atoms with Crippen LogP contribution in [0.5, 0.6) is 0 Å². The molecule has 1 atom stereocenters. The van der Waals surface area contributed by atoms with Crippen LogP contribution < -0.4 is 5.32 Å². The molecule has 0 aliphatic heterocycles. The number of aliphatic hydroxyl groups is 1. The highest BCUT2D eigenvalue weighted by atomic mass is 32.3. The van der Waals surface area contributed by atoms with Crippen LogP contribution in [-0.2, 0) is 9.63 Å². The third-order valence-corrected chi connectivity index (χ3v) is 7.26. The van der Waals surface area contributed by atoms with Gasteiger partial charge in [0.05, 0.1) is 11.5 Å². The van der Waals surface area contributed by atoms with Gasteiger partial charge in [-0.15, -0.1) is 10.6 Å². The van der Waals surface area contributed by atoms with E-state index in [0.29, 0.717) is 37.3 Å².